The van der Waals surface area contributed by atoms with Crippen molar-refractivity contribution < 1.29 is 4.79 Å². The molecule has 0 N–H and O–H groups in total. The zero-order valence-corrected chi connectivity index (χ0v) is 10.4. The Bertz CT molecular complexity index is 355. The van der Waals surface area contributed by atoms with Crippen LogP contribution in [-0.2, 0) is 6.54 Å². The van der Waals surface area contributed by atoms with Crippen molar-refractivity contribution >= 4 is 6.29 Å². The molecule has 15 heavy (non-hydrogen) atoms. The van der Waals surface area contributed by atoms with Gasteiger partial charge in [0.05, 0.1) is 0 Å². The second kappa shape index (κ2) is 4.21. The first-order valence-electron chi connectivity index (χ1n) is 5.47. The Balaban J connectivity index is 2.86. The van der Waals surface area contributed by atoms with Crippen molar-refractivity contribution in [3.8, 4) is 0 Å². The van der Waals surface area contributed by atoms with Crippen molar-refractivity contribution in [3.05, 3.63) is 23.0 Å². The van der Waals surface area contributed by atoms with E-state index in [2.05, 4.69) is 32.3 Å². The van der Waals surface area contributed by atoms with Gasteiger partial charge in [0.1, 0.15) is 0 Å². The average molecular weight is 207 g/mol. The molecule has 1 aromatic rings. The van der Waals surface area contributed by atoms with Gasteiger partial charge in [0, 0.05) is 23.5 Å². The fourth-order valence-electron chi connectivity index (χ4n) is 1.74. The molecule has 0 radical (unpaired) electrons. The monoisotopic (exact) mass is 207 g/mol. The van der Waals surface area contributed by atoms with Gasteiger partial charge in [0.25, 0.3) is 0 Å². The molecule has 0 saturated carbocycles. The SMILES string of the molecule is Cc1cc(C=O)c(C)n1CCC(C)(C)C. The van der Waals surface area contributed by atoms with Crippen LogP contribution in [0.5, 0.6) is 0 Å². The summed E-state index contributed by atoms with van der Waals surface area (Å²) in [6.07, 6.45) is 2.07. The Labute approximate surface area is 92.3 Å². The number of aryl methyl sites for hydroxylation is 1. The second-order valence-electron chi connectivity index (χ2n) is 5.41. The Kier molecular flexibility index (Phi) is 3.38. The Morgan fingerprint density at radius 3 is 2.33 bits per heavy atom. The number of carbonyl (C=O) groups excluding carboxylic acids is 1. The summed E-state index contributed by atoms with van der Waals surface area (Å²) in [7, 11) is 0. The molecule has 2 heteroatoms. The van der Waals surface area contributed by atoms with E-state index in [1.54, 1.807) is 0 Å². The normalized spacial score (nSPS) is 11.8. The quantitative estimate of drug-likeness (QED) is 0.697. The minimum Gasteiger partial charge on any atom is -0.348 e. The minimum atomic E-state index is 0.338. The first-order valence-corrected chi connectivity index (χ1v) is 5.47. The topological polar surface area (TPSA) is 22.0 Å². The lowest BCUT2D eigenvalue weighted by Gasteiger charge is -2.20. The Morgan fingerprint density at radius 2 is 1.93 bits per heavy atom. The second-order valence-corrected chi connectivity index (χ2v) is 5.41. The predicted molar refractivity (Wildman–Crippen MR) is 63.4 cm³/mol. The molecule has 1 aromatic heterocycles. The third-order valence-electron chi connectivity index (χ3n) is 2.83. The van der Waals surface area contributed by atoms with Crippen molar-refractivity contribution in [2.24, 2.45) is 5.41 Å². The van der Waals surface area contributed by atoms with Gasteiger partial charge in [-0.3, -0.25) is 4.79 Å². The number of nitrogens with zero attached hydrogens (tertiary/aromatic N) is 1. The van der Waals surface area contributed by atoms with Crippen LogP contribution < -0.4 is 0 Å². The molecule has 1 rings (SSSR count). The number of hydrogen-bond acceptors (Lipinski definition) is 1. The zero-order valence-electron chi connectivity index (χ0n) is 10.4. The molecule has 0 aliphatic carbocycles. The van der Waals surface area contributed by atoms with Crippen molar-refractivity contribution in [3.63, 3.8) is 0 Å². The Hall–Kier alpha value is -1.05. The van der Waals surface area contributed by atoms with E-state index in [1.165, 1.54) is 5.69 Å². The van der Waals surface area contributed by atoms with Crippen LogP contribution in [0.4, 0.5) is 0 Å². The summed E-state index contributed by atoms with van der Waals surface area (Å²) in [6, 6.07) is 1.96. The van der Waals surface area contributed by atoms with Crippen molar-refractivity contribution in [1.29, 1.82) is 0 Å². The summed E-state index contributed by atoms with van der Waals surface area (Å²) in [5, 5.41) is 0. The molecule has 0 saturated heterocycles. The molecule has 0 aliphatic rings. The molecule has 0 unspecified atom stereocenters. The lowest BCUT2D eigenvalue weighted by molar-refractivity contribution is 0.112. The maximum atomic E-state index is 10.8. The average Bonchev–Trinajstić information content (AvgIpc) is 2.37. The number of aromatic nitrogens is 1. The van der Waals surface area contributed by atoms with Crippen LogP contribution >= 0.6 is 0 Å². The van der Waals surface area contributed by atoms with Crippen LogP contribution in [0.3, 0.4) is 0 Å². The van der Waals surface area contributed by atoms with Crippen LogP contribution in [0.25, 0.3) is 0 Å². The number of hydrogen-bond donors (Lipinski definition) is 0. The highest BCUT2D eigenvalue weighted by molar-refractivity contribution is 5.77. The molecule has 0 atom stereocenters. The van der Waals surface area contributed by atoms with Gasteiger partial charge < -0.3 is 4.57 Å². The Morgan fingerprint density at radius 1 is 1.33 bits per heavy atom. The van der Waals surface area contributed by atoms with Gasteiger partial charge in [0.2, 0.25) is 0 Å². The predicted octanol–water partition coefficient (Wildman–Crippen LogP) is 3.35. The zero-order chi connectivity index (χ0) is 11.6. The maximum Gasteiger partial charge on any atom is 0.151 e. The highest BCUT2D eigenvalue weighted by atomic mass is 16.1. The van der Waals surface area contributed by atoms with Gasteiger partial charge >= 0.3 is 0 Å². The first-order chi connectivity index (χ1) is 6.85. The molecule has 1 heterocycles. The lowest BCUT2D eigenvalue weighted by Crippen LogP contribution is -2.12. The van der Waals surface area contributed by atoms with Crippen molar-refractivity contribution in [2.45, 2.75) is 47.6 Å². The minimum absolute atomic E-state index is 0.338. The van der Waals surface area contributed by atoms with E-state index in [0.29, 0.717) is 5.41 Å². The third-order valence-corrected chi connectivity index (χ3v) is 2.83. The van der Waals surface area contributed by atoms with Gasteiger partial charge in [-0.05, 0) is 31.7 Å². The van der Waals surface area contributed by atoms with Gasteiger partial charge in [-0.2, -0.15) is 0 Å². The van der Waals surface area contributed by atoms with Crippen LogP contribution in [0, 0.1) is 19.3 Å². The summed E-state index contributed by atoms with van der Waals surface area (Å²) >= 11 is 0. The fourth-order valence-corrected chi connectivity index (χ4v) is 1.74. The molecule has 0 bridgehead atoms. The number of carbonyl (C=O) groups is 1. The van der Waals surface area contributed by atoms with Crippen molar-refractivity contribution in [1.82, 2.24) is 4.57 Å². The van der Waals surface area contributed by atoms with E-state index in [9.17, 15) is 4.79 Å². The molecule has 0 aromatic carbocycles. The van der Waals surface area contributed by atoms with Gasteiger partial charge in [-0.1, -0.05) is 20.8 Å². The van der Waals surface area contributed by atoms with Crippen LogP contribution in [0.2, 0.25) is 0 Å². The summed E-state index contributed by atoms with van der Waals surface area (Å²) in [4.78, 5) is 10.8. The fraction of sp³-hybridized carbons (Fsp3) is 0.615. The molecule has 0 spiro atoms. The van der Waals surface area contributed by atoms with E-state index >= 15 is 0 Å². The maximum absolute atomic E-state index is 10.8. The van der Waals surface area contributed by atoms with Gasteiger partial charge in [-0.15, -0.1) is 0 Å². The van der Waals surface area contributed by atoms with E-state index in [0.717, 1.165) is 30.5 Å². The first kappa shape index (κ1) is 12.0. The number of rotatable bonds is 3. The summed E-state index contributed by atoms with van der Waals surface area (Å²) in [5.74, 6) is 0. The van der Waals surface area contributed by atoms with E-state index in [4.69, 9.17) is 0 Å². The van der Waals surface area contributed by atoms with E-state index in [-0.39, 0.29) is 0 Å². The highest BCUT2D eigenvalue weighted by Gasteiger charge is 2.13. The summed E-state index contributed by atoms with van der Waals surface area (Å²) in [5.41, 5.74) is 3.43. The molecule has 0 aliphatic heterocycles. The summed E-state index contributed by atoms with van der Waals surface area (Å²) < 4.78 is 2.23. The number of aldehydes is 1. The van der Waals surface area contributed by atoms with Gasteiger partial charge in [0.15, 0.2) is 6.29 Å². The molecule has 2 nitrogen and oxygen atoms in total. The molecule has 0 fully saturated rings. The van der Waals surface area contributed by atoms with Crippen LogP contribution in [0.15, 0.2) is 6.07 Å². The van der Waals surface area contributed by atoms with Crippen LogP contribution in [0.1, 0.15) is 48.9 Å². The molecule has 84 valence electrons. The molecule has 0 amide bonds. The highest BCUT2D eigenvalue weighted by Crippen LogP contribution is 2.22. The largest absolute Gasteiger partial charge is 0.348 e. The smallest absolute Gasteiger partial charge is 0.151 e. The summed E-state index contributed by atoms with van der Waals surface area (Å²) in [6.45, 7) is 11.8. The van der Waals surface area contributed by atoms with E-state index < -0.39 is 0 Å². The molecular formula is C13H21NO. The standard InChI is InChI=1S/C13H21NO/c1-10-8-12(9-15)11(2)14(10)7-6-13(3,4)5/h8-9H,6-7H2,1-5H3. The molecular weight excluding hydrogens is 186 g/mol. The van der Waals surface area contributed by atoms with Crippen molar-refractivity contribution in [2.75, 3.05) is 0 Å². The van der Waals surface area contributed by atoms with Crippen LogP contribution in [-0.4, -0.2) is 10.9 Å². The lowest BCUT2D eigenvalue weighted by atomic mass is 9.92. The van der Waals surface area contributed by atoms with Gasteiger partial charge in [-0.25, -0.2) is 0 Å². The third kappa shape index (κ3) is 2.95. The van der Waals surface area contributed by atoms with E-state index in [1.807, 2.05) is 13.0 Å².